The number of fused-ring (bicyclic) bond motifs is 1. The standard InChI is InChI=1S/C19H18O3S/c20-15-8-4-2-1-3-5-9-16-23(21,22)19-14-10-12-17-11-6-7-13-18(17)19/h6-7,10-14,20H,1-3,15-16H2. The van der Waals surface area contributed by atoms with Crippen LogP contribution in [0, 0.1) is 23.7 Å². The van der Waals surface area contributed by atoms with Gasteiger partial charge in [0, 0.05) is 18.2 Å². The summed E-state index contributed by atoms with van der Waals surface area (Å²) in [6.45, 7) is -0.130. The molecule has 118 valence electrons. The third-order valence-corrected chi connectivity index (χ3v) is 4.83. The fourth-order valence-corrected chi connectivity index (χ4v) is 3.44. The Kier molecular flexibility index (Phi) is 6.23. The lowest BCUT2D eigenvalue weighted by Crippen LogP contribution is -2.05. The first-order valence-electron chi connectivity index (χ1n) is 7.38. The molecule has 0 fully saturated rings. The van der Waals surface area contributed by atoms with Crippen LogP contribution in [0.25, 0.3) is 10.8 Å². The Labute approximate surface area is 137 Å². The lowest BCUT2D eigenvalue weighted by molar-refractivity contribution is 0.350. The van der Waals surface area contributed by atoms with Crippen molar-refractivity contribution in [2.75, 3.05) is 12.4 Å². The largest absolute Gasteiger partial charge is 0.384 e. The first-order valence-corrected chi connectivity index (χ1v) is 9.03. The lowest BCUT2D eigenvalue weighted by Gasteiger charge is -2.05. The van der Waals surface area contributed by atoms with Crippen LogP contribution in [0.15, 0.2) is 47.4 Å². The van der Waals surface area contributed by atoms with Gasteiger partial charge < -0.3 is 5.11 Å². The molecule has 1 N–H and O–H groups in total. The average Bonchev–Trinajstić information content (AvgIpc) is 2.56. The Morgan fingerprint density at radius 3 is 2.35 bits per heavy atom. The molecule has 0 amide bonds. The molecular weight excluding hydrogens is 308 g/mol. The van der Waals surface area contributed by atoms with Crippen LogP contribution >= 0.6 is 0 Å². The maximum Gasteiger partial charge on any atom is 0.190 e. The minimum absolute atomic E-state index is 0.130. The van der Waals surface area contributed by atoms with Crippen LogP contribution in [0.1, 0.15) is 19.3 Å². The summed E-state index contributed by atoms with van der Waals surface area (Å²) in [7, 11) is -3.42. The molecule has 0 atom stereocenters. The van der Waals surface area contributed by atoms with E-state index in [0.717, 1.165) is 17.2 Å². The van der Waals surface area contributed by atoms with Gasteiger partial charge in [0.05, 0.1) is 4.90 Å². The van der Waals surface area contributed by atoms with Gasteiger partial charge in [-0.15, -0.1) is 11.8 Å². The Morgan fingerprint density at radius 1 is 0.870 bits per heavy atom. The summed E-state index contributed by atoms with van der Waals surface area (Å²) in [6, 6.07) is 12.7. The van der Waals surface area contributed by atoms with Crippen LogP contribution in [0.4, 0.5) is 0 Å². The maximum atomic E-state index is 12.5. The van der Waals surface area contributed by atoms with Gasteiger partial charge in [-0.05, 0) is 17.9 Å². The van der Waals surface area contributed by atoms with Crippen LogP contribution < -0.4 is 0 Å². The average molecular weight is 326 g/mol. The summed E-state index contributed by atoms with van der Waals surface area (Å²) < 4.78 is 24.9. The molecule has 4 heteroatoms. The van der Waals surface area contributed by atoms with Gasteiger partial charge in [0.1, 0.15) is 12.4 Å². The minimum atomic E-state index is -3.42. The van der Waals surface area contributed by atoms with Crippen molar-refractivity contribution in [1.29, 1.82) is 0 Å². The molecule has 0 aliphatic rings. The van der Waals surface area contributed by atoms with Crippen LogP contribution in [0.2, 0.25) is 0 Å². The SMILES string of the molecule is O=S(=O)(CC#CCCCC#CCO)c1cccc2ccccc12. The molecule has 2 rings (SSSR count). The first kappa shape index (κ1) is 17.1. The second kappa shape index (κ2) is 8.39. The van der Waals surface area contributed by atoms with Crippen molar-refractivity contribution in [3.05, 3.63) is 42.5 Å². The Morgan fingerprint density at radius 2 is 1.57 bits per heavy atom. The second-order valence-corrected chi connectivity index (χ2v) is 6.91. The number of hydrogen-bond donors (Lipinski definition) is 1. The summed E-state index contributed by atoms with van der Waals surface area (Å²) in [5, 5.41) is 10.2. The van der Waals surface area contributed by atoms with E-state index in [4.69, 9.17) is 5.11 Å². The van der Waals surface area contributed by atoms with E-state index in [1.54, 1.807) is 12.1 Å². The highest BCUT2D eigenvalue weighted by Crippen LogP contribution is 2.23. The fourth-order valence-electron chi connectivity index (χ4n) is 2.19. The fraction of sp³-hybridized carbons (Fsp3) is 0.263. The number of aliphatic hydroxyl groups excluding tert-OH is 1. The third-order valence-electron chi connectivity index (χ3n) is 3.28. The molecule has 0 spiro atoms. The third kappa shape index (κ3) is 4.86. The van der Waals surface area contributed by atoms with Gasteiger partial charge in [-0.25, -0.2) is 8.42 Å². The van der Waals surface area contributed by atoms with E-state index in [1.165, 1.54) is 0 Å². The number of rotatable bonds is 4. The number of aliphatic hydroxyl groups is 1. The second-order valence-electron chi connectivity index (χ2n) is 4.96. The van der Waals surface area contributed by atoms with E-state index in [9.17, 15) is 8.42 Å². The van der Waals surface area contributed by atoms with Crippen LogP contribution in [0.3, 0.4) is 0 Å². The lowest BCUT2D eigenvalue weighted by atomic mass is 10.1. The predicted octanol–water partition coefficient (Wildman–Crippen LogP) is 2.78. The molecule has 2 aromatic carbocycles. The molecule has 0 heterocycles. The highest BCUT2D eigenvalue weighted by molar-refractivity contribution is 7.91. The van der Waals surface area contributed by atoms with Gasteiger partial charge >= 0.3 is 0 Å². The van der Waals surface area contributed by atoms with Gasteiger partial charge in [-0.1, -0.05) is 48.2 Å². The zero-order chi connectivity index (χ0) is 16.5. The molecule has 0 saturated heterocycles. The predicted molar refractivity (Wildman–Crippen MR) is 92.5 cm³/mol. The molecule has 0 saturated carbocycles. The number of unbranched alkanes of at least 4 members (excludes halogenated alkanes) is 2. The van der Waals surface area contributed by atoms with E-state index < -0.39 is 9.84 Å². The molecule has 3 nitrogen and oxygen atoms in total. The van der Waals surface area contributed by atoms with Crippen molar-refractivity contribution >= 4 is 20.6 Å². The molecule has 23 heavy (non-hydrogen) atoms. The summed E-state index contributed by atoms with van der Waals surface area (Å²) in [4.78, 5) is 0.332. The van der Waals surface area contributed by atoms with Gasteiger partial charge in [-0.3, -0.25) is 0 Å². The van der Waals surface area contributed by atoms with Gasteiger partial charge in [0.25, 0.3) is 0 Å². The van der Waals surface area contributed by atoms with E-state index >= 15 is 0 Å². The van der Waals surface area contributed by atoms with Crippen LogP contribution in [-0.2, 0) is 9.84 Å². The summed E-state index contributed by atoms with van der Waals surface area (Å²) in [5.74, 6) is 10.8. The zero-order valence-corrected chi connectivity index (χ0v) is 13.6. The molecule has 0 radical (unpaired) electrons. The number of sulfone groups is 1. The van der Waals surface area contributed by atoms with Crippen molar-refractivity contribution in [2.24, 2.45) is 0 Å². The Balaban J connectivity index is 2.05. The van der Waals surface area contributed by atoms with Crippen molar-refractivity contribution in [1.82, 2.24) is 0 Å². The number of benzene rings is 2. The van der Waals surface area contributed by atoms with E-state index in [-0.39, 0.29) is 12.4 Å². The first-order chi connectivity index (χ1) is 11.1. The van der Waals surface area contributed by atoms with Crippen molar-refractivity contribution in [3.8, 4) is 23.7 Å². The van der Waals surface area contributed by atoms with E-state index in [2.05, 4.69) is 23.7 Å². The van der Waals surface area contributed by atoms with Gasteiger partial charge in [0.2, 0.25) is 0 Å². The van der Waals surface area contributed by atoms with E-state index in [0.29, 0.717) is 17.7 Å². The molecule has 0 aliphatic carbocycles. The molecule has 0 unspecified atom stereocenters. The monoisotopic (exact) mass is 326 g/mol. The van der Waals surface area contributed by atoms with Crippen molar-refractivity contribution in [2.45, 2.75) is 24.2 Å². The summed E-state index contributed by atoms with van der Waals surface area (Å²) >= 11 is 0. The Bertz CT molecular complexity index is 885. The highest BCUT2D eigenvalue weighted by atomic mass is 32.2. The smallest absolute Gasteiger partial charge is 0.190 e. The normalized spacial score (nSPS) is 10.5. The van der Waals surface area contributed by atoms with Crippen LogP contribution in [-0.4, -0.2) is 25.9 Å². The molecule has 0 aromatic heterocycles. The maximum absolute atomic E-state index is 12.5. The summed E-state index contributed by atoms with van der Waals surface area (Å²) in [5.41, 5.74) is 0. The van der Waals surface area contributed by atoms with Crippen molar-refractivity contribution < 1.29 is 13.5 Å². The Hall–Kier alpha value is -2.27. The number of hydrogen-bond acceptors (Lipinski definition) is 3. The van der Waals surface area contributed by atoms with Gasteiger partial charge in [0.15, 0.2) is 9.84 Å². The highest BCUT2D eigenvalue weighted by Gasteiger charge is 2.15. The summed E-state index contributed by atoms with van der Waals surface area (Å²) in [6.07, 6.45) is 2.03. The van der Waals surface area contributed by atoms with Gasteiger partial charge in [-0.2, -0.15) is 0 Å². The molecule has 0 aliphatic heterocycles. The van der Waals surface area contributed by atoms with Crippen molar-refractivity contribution in [3.63, 3.8) is 0 Å². The minimum Gasteiger partial charge on any atom is -0.384 e. The zero-order valence-electron chi connectivity index (χ0n) is 12.7. The topological polar surface area (TPSA) is 54.4 Å². The molecule has 2 aromatic rings. The quantitative estimate of drug-likeness (QED) is 0.694. The van der Waals surface area contributed by atoms with Crippen LogP contribution in [0.5, 0.6) is 0 Å². The van der Waals surface area contributed by atoms with E-state index in [1.807, 2.05) is 30.3 Å². The molecule has 0 bridgehead atoms. The molecular formula is C19H18O3S.